The van der Waals surface area contributed by atoms with E-state index in [1.165, 1.54) is 48.9 Å². The number of quaternary nitrogens is 1. The minimum Gasteiger partial charge on any atom is -0.364 e. The highest BCUT2D eigenvalue weighted by atomic mass is 16.5. The zero-order valence-corrected chi connectivity index (χ0v) is 16.0. The summed E-state index contributed by atoms with van der Waals surface area (Å²) >= 11 is 0. The van der Waals surface area contributed by atoms with Gasteiger partial charge >= 0.3 is 0 Å². The average molecular weight is 343 g/mol. The van der Waals surface area contributed by atoms with Gasteiger partial charge in [-0.05, 0) is 58.3 Å². The first-order valence-electron chi connectivity index (χ1n) is 9.95. The number of unbranched alkanes of at least 4 members (excludes halogenated alkanes) is 1. The summed E-state index contributed by atoms with van der Waals surface area (Å²) in [5, 5.41) is 2.32. The lowest BCUT2D eigenvalue weighted by molar-refractivity contribution is -0.535. The Hall–Kier alpha value is -1.23. The summed E-state index contributed by atoms with van der Waals surface area (Å²) in [6.45, 7) is 3.15. The number of fused-ring (bicyclic) bond motifs is 3. The van der Waals surface area contributed by atoms with E-state index in [0.717, 1.165) is 31.7 Å². The highest BCUT2D eigenvalue weighted by Crippen LogP contribution is 2.49. The largest absolute Gasteiger partial charge is 0.364 e. The Bertz CT molecular complexity index is 671. The van der Waals surface area contributed by atoms with Crippen LogP contribution in [-0.4, -0.2) is 41.7 Å². The van der Waals surface area contributed by atoms with Gasteiger partial charge in [-0.3, -0.25) is 5.32 Å². The van der Waals surface area contributed by atoms with Gasteiger partial charge in [0.1, 0.15) is 11.3 Å². The fourth-order valence-electron chi connectivity index (χ4n) is 5.22. The highest BCUT2D eigenvalue weighted by molar-refractivity contribution is 5.77. The summed E-state index contributed by atoms with van der Waals surface area (Å²) in [7, 11) is 4.53. The molecule has 4 heteroatoms. The molecule has 4 nitrogen and oxygen atoms in total. The molecule has 1 aromatic heterocycles. The molecule has 0 radical (unpaired) electrons. The summed E-state index contributed by atoms with van der Waals surface area (Å²) < 4.78 is 6.49. The molecule has 0 unspecified atom stereocenters. The molecule has 1 fully saturated rings. The van der Waals surface area contributed by atoms with Crippen LogP contribution >= 0.6 is 0 Å². The van der Waals surface area contributed by atoms with E-state index in [-0.39, 0.29) is 5.60 Å². The van der Waals surface area contributed by atoms with E-state index in [2.05, 4.69) is 48.4 Å². The van der Waals surface area contributed by atoms with E-state index in [1.807, 2.05) is 6.20 Å². The maximum Gasteiger partial charge on any atom is 0.236 e. The topological polar surface area (TPSA) is 42.0 Å². The van der Waals surface area contributed by atoms with Crippen molar-refractivity contribution in [3.05, 3.63) is 29.6 Å². The van der Waals surface area contributed by atoms with Crippen LogP contribution in [0.4, 0.5) is 5.82 Å². The summed E-state index contributed by atoms with van der Waals surface area (Å²) in [4.78, 5) is 7.09. The molecule has 3 aliphatic rings. The number of pyridine rings is 1. The van der Waals surface area contributed by atoms with Crippen molar-refractivity contribution in [3.8, 4) is 0 Å². The van der Waals surface area contributed by atoms with Crippen molar-refractivity contribution in [1.29, 1.82) is 0 Å². The van der Waals surface area contributed by atoms with Crippen LogP contribution in [0, 0.1) is 0 Å². The predicted octanol–water partition coefficient (Wildman–Crippen LogP) is 3.22. The molecule has 0 bridgehead atoms. The number of hydrogen-bond donors (Lipinski definition) is 1. The average Bonchev–Trinajstić information content (AvgIpc) is 3.02. The van der Waals surface area contributed by atoms with Gasteiger partial charge in [0, 0.05) is 23.7 Å². The maximum absolute atomic E-state index is 6.49. The molecule has 1 aromatic rings. The molecular formula is C21H32N3O+. The molecule has 3 heterocycles. The molecule has 1 saturated carbocycles. The van der Waals surface area contributed by atoms with Crippen LogP contribution in [0.3, 0.4) is 0 Å². The lowest BCUT2D eigenvalue weighted by Gasteiger charge is -2.50. The quantitative estimate of drug-likeness (QED) is 0.913. The first kappa shape index (κ1) is 17.2. The van der Waals surface area contributed by atoms with Crippen LogP contribution in [-0.2, 0) is 4.74 Å². The second-order valence-corrected chi connectivity index (χ2v) is 8.29. The number of nitrogens with two attached hydrogens (primary N) is 1. The van der Waals surface area contributed by atoms with Crippen LogP contribution in [0.15, 0.2) is 24.0 Å². The molecule has 136 valence electrons. The van der Waals surface area contributed by atoms with Gasteiger partial charge in [-0.25, -0.2) is 4.98 Å². The molecule has 2 N–H and O–H groups in total. The Kier molecular flexibility index (Phi) is 4.47. The number of nitrogens with zero attached hydrogens (tertiary/aromatic N) is 2. The van der Waals surface area contributed by atoms with Gasteiger partial charge in [-0.15, -0.1) is 0 Å². The third-order valence-corrected chi connectivity index (χ3v) is 6.92. The molecule has 0 saturated heterocycles. The Morgan fingerprint density at radius 1 is 1.24 bits per heavy atom. The van der Waals surface area contributed by atoms with Crippen molar-refractivity contribution < 1.29 is 10.1 Å². The monoisotopic (exact) mass is 342 g/mol. The van der Waals surface area contributed by atoms with Crippen molar-refractivity contribution in [3.63, 3.8) is 0 Å². The second-order valence-electron chi connectivity index (χ2n) is 8.29. The molecule has 1 aliphatic carbocycles. The minimum atomic E-state index is -0.0694. The van der Waals surface area contributed by atoms with Gasteiger partial charge in [0.2, 0.25) is 5.82 Å². The SMILES string of the molecule is CCCCC1(N(C)C)CCC2(CC1)OCCC1=C2[NH2+]c2ncccc21. The third kappa shape index (κ3) is 2.75. The van der Waals surface area contributed by atoms with Gasteiger partial charge in [0.15, 0.2) is 0 Å². The zero-order valence-electron chi connectivity index (χ0n) is 16.0. The summed E-state index contributed by atoms with van der Waals surface area (Å²) in [5.74, 6) is 1.15. The Balaban J connectivity index is 1.59. The lowest BCUT2D eigenvalue weighted by atomic mass is 9.69. The normalized spacial score (nSPS) is 31.5. The molecule has 1 spiro atoms. The molecule has 4 rings (SSSR count). The Morgan fingerprint density at radius 2 is 2.04 bits per heavy atom. The standard InChI is InChI=1S/C21H31N3O/c1-4-5-9-20(24(2)3)10-12-21(13-11-20)18-16(8-15-25-21)17-7-6-14-22-19(17)23-18/h6-7,14H,4-5,8-13,15H2,1-3H3,(H,22,23)/p+1. The minimum absolute atomic E-state index is 0.0694. The van der Waals surface area contributed by atoms with Crippen LogP contribution in [0.1, 0.15) is 63.9 Å². The van der Waals surface area contributed by atoms with Crippen molar-refractivity contribution in [2.24, 2.45) is 0 Å². The van der Waals surface area contributed by atoms with Crippen molar-refractivity contribution in [1.82, 2.24) is 9.88 Å². The Morgan fingerprint density at radius 3 is 2.76 bits per heavy atom. The lowest BCUT2D eigenvalue weighted by Crippen LogP contribution is -2.80. The fraction of sp³-hybridized carbons (Fsp3) is 0.667. The van der Waals surface area contributed by atoms with Gasteiger partial charge in [-0.2, -0.15) is 0 Å². The summed E-state index contributed by atoms with van der Waals surface area (Å²) in [6.07, 6.45) is 11.6. The van der Waals surface area contributed by atoms with Crippen LogP contribution in [0.5, 0.6) is 0 Å². The summed E-state index contributed by atoms with van der Waals surface area (Å²) in [5.41, 5.74) is 4.57. The number of rotatable bonds is 4. The van der Waals surface area contributed by atoms with Gasteiger partial charge in [0.05, 0.1) is 12.2 Å². The van der Waals surface area contributed by atoms with E-state index < -0.39 is 0 Å². The smallest absolute Gasteiger partial charge is 0.236 e. The molecule has 2 aliphatic heterocycles. The van der Waals surface area contributed by atoms with E-state index >= 15 is 0 Å². The molecular weight excluding hydrogens is 310 g/mol. The second kappa shape index (κ2) is 6.49. The maximum atomic E-state index is 6.49. The molecule has 0 amide bonds. The zero-order chi connectivity index (χ0) is 17.5. The predicted molar refractivity (Wildman–Crippen MR) is 100 cm³/mol. The van der Waals surface area contributed by atoms with Gasteiger partial charge in [0.25, 0.3) is 0 Å². The van der Waals surface area contributed by atoms with Crippen LogP contribution in [0.25, 0.3) is 5.57 Å². The van der Waals surface area contributed by atoms with E-state index in [9.17, 15) is 0 Å². The third-order valence-electron chi connectivity index (χ3n) is 6.92. The van der Waals surface area contributed by atoms with E-state index in [4.69, 9.17) is 4.74 Å². The van der Waals surface area contributed by atoms with E-state index in [0.29, 0.717) is 5.54 Å². The van der Waals surface area contributed by atoms with Gasteiger partial charge in [-0.1, -0.05) is 19.8 Å². The number of hydrogen-bond acceptors (Lipinski definition) is 3. The van der Waals surface area contributed by atoms with Crippen molar-refractivity contribution in [2.75, 3.05) is 20.7 Å². The number of ether oxygens (including phenoxy) is 1. The van der Waals surface area contributed by atoms with Crippen molar-refractivity contribution in [2.45, 2.75) is 69.4 Å². The summed E-state index contributed by atoms with van der Waals surface area (Å²) in [6, 6.07) is 4.29. The van der Waals surface area contributed by atoms with Crippen molar-refractivity contribution >= 4 is 11.4 Å². The molecule has 0 atom stereocenters. The first-order chi connectivity index (χ1) is 12.1. The molecule has 0 aromatic carbocycles. The van der Waals surface area contributed by atoms with E-state index in [1.54, 1.807) is 0 Å². The molecule has 25 heavy (non-hydrogen) atoms. The van der Waals surface area contributed by atoms with Gasteiger partial charge < -0.3 is 9.64 Å². The van der Waals surface area contributed by atoms with Crippen LogP contribution in [0.2, 0.25) is 0 Å². The Labute approximate surface area is 151 Å². The first-order valence-corrected chi connectivity index (χ1v) is 9.95. The highest BCUT2D eigenvalue weighted by Gasteiger charge is 2.52. The number of aromatic nitrogens is 1. The fourth-order valence-corrected chi connectivity index (χ4v) is 5.22. The van der Waals surface area contributed by atoms with Crippen LogP contribution < -0.4 is 5.32 Å².